The molecule has 0 unspecified atom stereocenters. The van der Waals surface area contributed by atoms with E-state index in [-0.39, 0.29) is 5.57 Å². The minimum atomic E-state index is -0.438. The van der Waals surface area contributed by atoms with E-state index in [9.17, 15) is 10.1 Å². The van der Waals surface area contributed by atoms with Gasteiger partial charge in [-0.1, -0.05) is 36.4 Å². The highest BCUT2D eigenvalue weighted by Gasteiger charge is 2.12. The lowest BCUT2D eigenvalue weighted by molar-refractivity contribution is -0.117. The molecule has 1 aromatic carbocycles. The number of aromatic amines is 1. The highest BCUT2D eigenvalue weighted by atomic mass is 16.1. The molecule has 0 radical (unpaired) electrons. The summed E-state index contributed by atoms with van der Waals surface area (Å²) in [6, 6.07) is 15.2. The zero-order valence-electron chi connectivity index (χ0n) is 13.3. The van der Waals surface area contributed by atoms with Crippen LogP contribution >= 0.6 is 0 Å². The van der Waals surface area contributed by atoms with Crippen molar-refractivity contribution in [2.45, 2.75) is 6.54 Å². The van der Waals surface area contributed by atoms with Crippen molar-refractivity contribution in [1.82, 2.24) is 20.5 Å². The summed E-state index contributed by atoms with van der Waals surface area (Å²) in [5, 5.41) is 19.0. The molecule has 2 heterocycles. The van der Waals surface area contributed by atoms with Gasteiger partial charge in [0.25, 0.3) is 5.91 Å². The van der Waals surface area contributed by atoms with Gasteiger partial charge in [0.15, 0.2) is 0 Å². The van der Waals surface area contributed by atoms with Gasteiger partial charge in [0.2, 0.25) is 0 Å². The first-order valence-electron chi connectivity index (χ1n) is 7.65. The summed E-state index contributed by atoms with van der Waals surface area (Å²) < 4.78 is 0. The predicted octanol–water partition coefficient (Wildman–Crippen LogP) is 2.70. The van der Waals surface area contributed by atoms with Crippen molar-refractivity contribution in [1.29, 1.82) is 5.26 Å². The Morgan fingerprint density at radius 3 is 2.76 bits per heavy atom. The fourth-order valence-corrected chi connectivity index (χ4v) is 2.33. The van der Waals surface area contributed by atoms with Crippen LogP contribution in [-0.4, -0.2) is 21.1 Å². The van der Waals surface area contributed by atoms with Crippen LogP contribution in [0.3, 0.4) is 0 Å². The molecule has 0 atom stereocenters. The van der Waals surface area contributed by atoms with Crippen LogP contribution in [0.5, 0.6) is 0 Å². The van der Waals surface area contributed by atoms with Gasteiger partial charge in [0.1, 0.15) is 11.6 Å². The van der Waals surface area contributed by atoms with Crippen LogP contribution in [0.2, 0.25) is 0 Å². The zero-order chi connectivity index (χ0) is 17.5. The quantitative estimate of drug-likeness (QED) is 0.556. The van der Waals surface area contributed by atoms with E-state index >= 15 is 0 Å². The number of rotatable bonds is 5. The number of amides is 1. The number of hydrogen-bond acceptors (Lipinski definition) is 4. The van der Waals surface area contributed by atoms with E-state index in [0.717, 1.165) is 16.8 Å². The standard InChI is InChI=1S/C19H15N5O/c20-10-16(19(25)22-12-14-5-4-8-21-11-14)9-17-13-23-24-18(17)15-6-2-1-3-7-15/h1-9,11,13H,12H2,(H,22,25)(H,23,24). The second-order valence-electron chi connectivity index (χ2n) is 5.28. The third-order valence-electron chi connectivity index (χ3n) is 3.57. The van der Waals surface area contributed by atoms with Crippen LogP contribution in [0, 0.1) is 11.3 Å². The van der Waals surface area contributed by atoms with Crippen LogP contribution in [0.25, 0.3) is 17.3 Å². The van der Waals surface area contributed by atoms with Gasteiger partial charge >= 0.3 is 0 Å². The molecule has 0 bridgehead atoms. The summed E-state index contributed by atoms with van der Waals surface area (Å²) in [6.07, 6.45) is 6.45. The van der Waals surface area contributed by atoms with Crippen molar-refractivity contribution >= 4 is 12.0 Å². The van der Waals surface area contributed by atoms with Crippen LogP contribution in [-0.2, 0) is 11.3 Å². The Bertz CT molecular complexity index is 923. The average molecular weight is 329 g/mol. The summed E-state index contributed by atoms with van der Waals surface area (Å²) in [7, 11) is 0. The zero-order valence-corrected chi connectivity index (χ0v) is 13.3. The van der Waals surface area contributed by atoms with E-state index in [1.54, 1.807) is 24.7 Å². The number of nitrogens with one attached hydrogen (secondary N) is 2. The maximum Gasteiger partial charge on any atom is 0.262 e. The second kappa shape index (κ2) is 7.70. The van der Waals surface area contributed by atoms with Crippen molar-refractivity contribution in [2.75, 3.05) is 0 Å². The summed E-state index contributed by atoms with van der Waals surface area (Å²) >= 11 is 0. The number of nitriles is 1. The van der Waals surface area contributed by atoms with Gasteiger partial charge < -0.3 is 5.32 Å². The molecule has 0 aliphatic rings. The largest absolute Gasteiger partial charge is 0.347 e. The van der Waals surface area contributed by atoms with E-state index in [0.29, 0.717) is 12.1 Å². The number of carbonyl (C=O) groups is 1. The number of hydrogen-bond donors (Lipinski definition) is 2. The number of nitrogens with zero attached hydrogens (tertiary/aromatic N) is 3. The van der Waals surface area contributed by atoms with Gasteiger partial charge in [-0.15, -0.1) is 0 Å². The molecule has 0 spiro atoms. The Morgan fingerprint density at radius 2 is 2.04 bits per heavy atom. The van der Waals surface area contributed by atoms with Crippen LogP contribution in [0.4, 0.5) is 0 Å². The van der Waals surface area contributed by atoms with E-state index < -0.39 is 5.91 Å². The molecular weight excluding hydrogens is 314 g/mol. The Kier molecular flexibility index (Phi) is 4.98. The summed E-state index contributed by atoms with van der Waals surface area (Å²) in [4.78, 5) is 16.3. The highest BCUT2D eigenvalue weighted by molar-refractivity contribution is 6.02. The maximum absolute atomic E-state index is 12.3. The van der Waals surface area contributed by atoms with Crippen LogP contribution < -0.4 is 5.32 Å². The Balaban J connectivity index is 1.78. The van der Waals surface area contributed by atoms with Crippen molar-refractivity contribution in [3.8, 4) is 17.3 Å². The smallest absolute Gasteiger partial charge is 0.262 e. The van der Waals surface area contributed by atoms with Gasteiger partial charge in [-0.25, -0.2) is 0 Å². The minimum Gasteiger partial charge on any atom is -0.347 e. The lowest BCUT2D eigenvalue weighted by Crippen LogP contribution is -2.24. The molecule has 0 saturated heterocycles. The first-order valence-corrected chi connectivity index (χ1v) is 7.65. The second-order valence-corrected chi connectivity index (χ2v) is 5.28. The first kappa shape index (κ1) is 16.1. The molecule has 6 heteroatoms. The molecule has 0 saturated carbocycles. The normalized spacial score (nSPS) is 10.9. The van der Waals surface area contributed by atoms with E-state index in [1.165, 1.54) is 6.08 Å². The summed E-state index contributed by atoms with van der Waals surface area (Å²) in [5.74, 6) is -0.438. The van der Waals surface area contributed by atoms with Gasteiger partial charge in [-0.05, 0) is 17.7 Å². The summed E-state index contributed by atoms with van der Waals surface area (Å²) in [6.45, 7) is 0.308. The molecule has 3 aromatic rings. The van der Waals surface area contributed by atoms with Crippen molar-refractivity contribution in [3.05, 3.63) is 77.8 Å². The lowest BCUT2D eigenvalue weighted by atomic mass is 10.1. The van der Waals surface area contributed by atoms with Crippen molar-refractivity contribution in [3.63, 3.8) is 0 Å². The molecule has 6 nitrogen and oxygen atoms in total. The van der Waals surface area contributed by atoms with Gasteiger partial charge in [-0.2, -0.15) is 10.4 Å². The number of aromatic nitrogens is 3. The van der Waals surface area contributed by atoms with Crippen LogP contribution in [0.1, 0.15) is 11.1 Å². The molecule has 2 aromatic heterocycles. The third-order valence-corrected chi connectivity index (χ3v) is 3.57. The Morgan fingerprint density at radius 1 is 1.20 bits per heavy atom. The number of carbonyl (C=O) groups excluding carboxylic acids is 1. The minimum absolute atomic E-state index is 0.0162. The Hall–Kier alpha value is -3.72. The molecule has 2 N–H and O–H groups in total. The molecule has 0 fully saturated rings. The van der Waals surface area contributed by atoms with E-state index in [4.69, 9.17) is 0 Å². The monoisotopic (exact) mass is 329 g/mol. The number of H-pyrrole nitrogens is 1. The van der Waals surface area contributed by atoms with Gasteiger partial charge in [0, 0.05) is 30.1 Å². The van der Waals surface area contributed by atoms with Gasteiger partial charge in [0.05, 0.1) is 11.9 Å². The number of benzene rings is 1. The molecule has 0 aliphatic heterocycles. The highest BCUT2D eigenvalue weighted by Crippen LogP contribution is 2.22. The molecular formula is C19H15N5O. The maximum atomic E-state index is 12.3. The SMILES string of the molecule is N#CC(=Cc1cn[nH]c1-c1ccccc1)C(=O)NCc1cccnc1. The van der Waals surface area contributed by atoms with Gasteiger partial charge in [-0.3, -0.25) is 14.9 Å². The lowest BCUT2D eigenvalue weighted by Gasteiger charge is -2.04. The number of pyridine rings is 1. The predicted molar refractivity (Wildman–Crippen MR) is 93.7 cm³/mol. The Labute approximate surface area is 144 Å². The molecule has 1 amide bonds. The summed E-state index contributed by atoms with van der Waals surface area (Å²) in [5.41, 5.74) is 3.25. The fraction of sp³-hybridized carbons (Fsp3) is 0.0526. The van der Waals surface area contributed by atoms with E-state index in [2.05, 4.69) is 20.5 Å². The van der Waals surface area contributed by atoms with E-state index in [1.807, 2.05) is 42.5 Å². The third kappa shape index (κ3) is 3.98. The molecule has 0 aliphatic carbocycles. The molecule has 122 valence electrons. The average Bonchev–Trinajstić information content (AvgIpc) is 3.14. The van der Waals surface area contributed by atoms with Crippen LogP contribution in [0.15, 0.2) is 66.6 Å². The molecule has 25 heavy (non-hydrogen) atoms. The van der Waals surface area contributed by atoms with Crippen molar-refractivity contribution in [2.24, 2.45) is 0 Å². The first-order chi connectivity index (χ1) is 12.3. The van der Waals surface area contributed by atoms with Crippen molar-refractivity contribution < 1.29 is 4.79 Å². The fourth-order valence-electron chi connectivity index (χ4n) is 2.33. The molecule has 3 rings (SSSR count). The topological polar surface area (TPSA) is 94.5 Å².